The van der Waals surface area contributed by atoms with Gasteiger partial charge < -0.3 is 0 Å². The first kappa shape index (κ1) is 14.2. The maximum atomic E-state index is 10.8. The average molecular weight is 257 g/mol. The largest absolute Gasteiger partial charge is 0.289 e. The van der Waals surface area contributed by atoms with Crippen molar-refractivity contribution in [1.29, 1.82) is 0 Å². The quantitative estimate of drug-likeness (QED) is 0.493. The van der Waals surface area contributed by atoms with E-state index in [9.17, 15) is 4.79 Å². The predicted molar refractivity (Wildman–Crippen MR) is 54.2 cm³/mol. The Morgan fingerprint density at radius 1 is 1.33 bits per heavy atom. The molecule has 0 bridgehead atoms. The molecule has 0 atom stereocenters. The Morgan fingerprint density at radius 2 is 1.87 bits per heavy atom. The minimum absolute atomic E-state index is 0. The van der Waals surface area contributed by atoms with Gasteiger partial charge in [-0.05, 0) is 17.0 Å². The summed E-state index contributed by atoms with van der Waals surface area (Å²) in [5, 5.41) is 8.34. The number of nitrogens with one attached hydrogen (secondary N) is 1. The van der Waals surface area contributed by atoms with Crippen molar-refractivity contribution >= 4 is 5.91 Å². The topological polar surface area (TPSA) is 49.3 Å². The van der Waals surface area contributed by atoms with Crippen LogP contribution in [0.15, 0.2) is 24.3 Å². The van der Waals surface area contributed by atoms with E-state index in [4.69, 9.17) is 5.21 Å². The van der Waals surface area contributed by atoms with Gasteiger partial charge in [0.25, 0.3) is 0 Å². The zero-order chi connectivity index (χ0) is 10.6. The molecule has 0 aromatic heterocycles. The van der Waals surface area contributed by atoms with Crippen LogP contribution in [-0.4, -0.2) is 11.1 Å². The molecule has 2 N–H and O–H groups in total. The van der Waals surface area contributed by atoms with Gasteiger partial charge in [-0.3, -0.25) is 10.0 Å². The number of carbonyl (C=O) groups excluding carboxylic acids is 1. The van der Waals surface area contributed by atoms with Gasteiger partial charge in [0.1, 0.15) is 0 Å². The van der Waals surface area contributed by atoms with Gasteiger partial charge in [0, 0.05) is 17.1 Å². The molecule has 0 saturated heterocycles. The summed E-state index contributed by atoms with van der Waals surface area (Å²) < 4.78 is 0. The van der Waals surface area contributed by atoms with Crippen LogP contribution in [0.2, 0.25) is 0 Å². The van der Waals surface area contributed by atoms with Crippen LogP contribution >= 0.6 is 0 Å². The summed E-state index contributed by atoms with van der Waals surface area (Å²) in [7, 11) is 0. The van der Waals surface area contributed by atoms with Gasteiger partial charge in [-0.2, -0.15) is 0 Å². The van der Waals surface area contributed by atoms with Crippen LogP contribution in [0, 0.1) is 0 Å². The van der Waals surface area contributed by atoms with Crippen molar-refractivity contribution in [3.05, 3.63) is 35.4 Å². The summed E-state index contributed by atoms with van der Waals surface area (Å²) in [5.41, 5.74) is 3.76. The number of hydrogen-bond donors (Lipinski definition) is 2. The van der Waals surface area contributed by atoms with Gasteiger partial charge in [0.05, 0.1) is 6.42 Å². The van der Waals surface area contributed by atoms with E-state index in [1.54, 1.807) is 5.48 Å². The van der Waals surface area contributed by atoms with Gasteiger partial charge in [-0.15, -0.1) is 0 Å². The van der Waals surface area contributed by atoms with Gasteiger partial charge >= 0.3 is 0 Å². The van der Waals surface area contributed by atoms with Crippen molar-refractivity contribution < 1.29 is 27.1 Å². The second-order valence-corrected chi connectivity index (χ2v) is 3.61. The number of amides is 1. The molecule has 0 saturated carbocycles. The Bertz CT molecular complexity index is 309. The van der Waals surface area contributed by atoms with Crippen molar-refractivity contribution in [2.24, 2.45) is 0 Å². The fourth-order valence-electron chi connectivity index (χ4n) is 1.25. The molecule has 3 nitrogen and oxygen atoms in total. The first-order valence-electron chi connectivity index (χ1n) is 4.65. The van der Waals surface area contributed by atoms with E-state index in [0.717, 1.165) is 5.56 Å². The summed E-state index contributed by atoms with van der Waals surface area (Å²) in [5.74, 6) is 0.109. The van der Waals surface area contributed by atoms with Gasteiger partial charge in [-0.25, -0.2) is 5.48 Å². The maximum absolute atomic E-state index is 10.8. The first-order valence-corrected chi connectivity index (χ1v) is 4.65. The van der Waals surface area contributed by atoms with Crippen molar-refractivity contribution in [2.45, 2.75) is 26.2 Å². The zero-order valence-corrected chi connectivity index (χ0v) is 9.69. The third kappa shape index (κ3) is 4.47. The maximum Gasteiger partial charge on any atom is 0.247 e. The third-order valence-electron chi connectivity index (χ3n) is 2.14. The average Bonchev–Trinajstić information content (AvgIpc) is 2.18. The summed E-state index contributed by atoms with van der Waals surface area (Å²) in [6, 6.07) is 7.82. The van der Waals surface area contributed by atoms with Gasteiger partial charge in [0.15, 0.2) is 0 Å². The number of carbonyl (C=O) groups is 1. The van der Waals surface area contributed by atoms with Crippen molar-refractivity contribution in [1.82, 2.24) is 5.48 Å². The number of rotatable bonds is 3. The second kappa shape index (κ2) is 6.62. The molecule has 87 valence electrons. The van der Waals surface area contributed by atoms with E-state index in [-0.39, 0.29) is 29.4 Å². The summed E-state index contributed by atoms with van der Waals surface area (Å²) in [6.45, 7) is 4.24. The monoisotopic (exact) mass is 256 g/mol. The van der Waals surface area contributed by atoms with E-state index in [1.807, 2.05) is 24.3 Å². The van der Waals surface area contributed by atoms with Crippen molar-refractivity contribution in [3.8, 4) is 0 Å². The summed E-state index contributed by atoms with van der Waals surface area (Å²) in [4.78, 5) is 10.8. The minimum atomic E-state index is -0.387. The SMILES string of the molecule is CC(C)c1ccc(CC(=O)NO)cc1.[Cu]. The van der Waals surface area contributed by atoms with Crippen molar-refractivity contribution in [3.63, 3.8) is 0 Å². The molecule has 1 radical (unpaired) electrons. The molecule has 0 aliphatic heterocycles. The fraction of sp³-hybridized carbons (Fsp3) is 0.364. The molecule has 0 unspecified atom stereocenters. The van der Waals surface area contributed by atoms with Crippen LogP contribution in [0.4, 0.5) is 0 Å². The van der Waals surface area contributed by atoms with Crippen LogP contribution in [-0.2, 0) is 28.3 Å². The molecule has 0 aliphatic rings. The van der Waals surface area contributed by atoms with Gasteiger partial charge in [0.2, 0.25) is 5.91 Å². The molecule has 0 fully saturated rings. The zero-order valence-electron chi connectivity index (χ0n) is 8.75. The van der Waals surface area contributed by atoms with E-state index >= 15 is 0 Å². The standard InChI is InChI=1S/C11H15NO2.Cu/c1-8(2)10-5-3-9(4-6-10)7-11(13)12-14;/h3-6,8,14H,7H2,1-2H3,(H,12,13);. The number of hydroxylamine groups is 1. The Labute approximate surface area is 100 Å². The third-order valence-corrected chi connectivity index (χ3v) is 2.14. The summed E-state index contributed by atoms with van der Waals surface area (Å²) >= 11 is 0. The molecule has 15 heavy (non-hydrogen) atoms. The number of hydrogen-bond acceptors (Lipinski definition) is 2. The van der Waals surface area contributed by atoms with Crippen LogP contribution in [0.3, 0.4) is 0 Å². The predicted octanol–water partition coefficient (Wildman–Crippen LogP) is 1.86. The van der Waals surface area contributed by atoms with E-state index in [1.165, 1.54) is 5.56 Å². The van der Waals surface area contributed by atoms with Crippen LogP contribution in [0.5, 0.6) is 0 Å². The Morgan fingerprint density at radius 3 is 2.27 bits per heavy atom. The second-order valence-electron chi connectivity index (χ2n) is 3.61. The van der Waals surface area contributed by atoms with Crippen molar-refractivity contribution in [2.75, 3.05) is 0 Å². The first-order chi connectivity index (χ1) is 6.63. The molecule has 4 heteroatoms. The minimum Gasteiger partial charge on any atom is -0.289 e. The Kier molecular flexibility index (Phi) is 6.25. The molecule has 1 amide bonds. The molecular formula is C11H15CuNO2. The van der Waals surface area contributed by atoms with Crippen LogP contribution < -0.4 is 5.48 Å². The molecule has 0 heterocycles. The molecule has 1 aromatic rings. The van der Waals surface area contributed by atoms with Crippen LogP contribution in [0.1, 0.15) is 30.9 Å². The molecule has 0 spiro atoms. The Balaban J connectivity index is 0.00000196. The molecule has 0 aliphatic carbocycles. The fourth-order valence-corrected chi connectivity index (χ4v) is 1.25. The summed E-state index contributed by atoms with van der Waals surface area (Å²) in [6.07, 6.45) is 0.217. The van der Waals surface area contributed by atoms with E-state index in [2.05, 4.69) is 13.8 Å². The van der Waals surface area contributed by atoms with Gasteiger partial charge in [-0.1, -0.05) is 38.1 Å². The smallest absolute Gasteiger partial charge is 0.247 e. The normalized spacial score (nSPS) is 9.60. The Hall–Kier alpha value is -0.831. The molecule has 1 aromatic carbocycles. The van der Waals surface area contributed by atoms with E-state index in [0.29, 0.717) is 5.92 Å². The molecule has 1 rings (SSSR count). The number of benzene rings is 1. The van der Waals surface area contributed by atoms with E-state index < -0.39 is 0 Å². The molecular weight excluding hydrogens is 242 g/mol. The van der Waals surface area contributed by atoms with Crippen LogP contribution in [0.25, 0.3) is 0 Å².